The number of carbonyl (C=O) groups is 1. The second kappa shape index (κ2) is 9.31. The smallest absolute Gasteiger partial charge is 0.262 e. The van der Waals surface area contributed by atoms with Crippen LogP contribution in [0.25, 0.3) is 10.9 Å². The molecule has 1 fully saturated rings. The van der Waals surface area contributed by atoms with Gasteiger partial charge in [0.2, 0.25) is 5.91 Å². The van der Waals surface area contributed by atoms with Gasteiger partial charge >= 0.3 is 0 Å². The highest BCUT2D eigenvalue weighted by Gasteiger charge is 2.23. The van der Waals surface area contributed by atoms with E-state index in [9.17, 15) is 9.59 Å². The Labute approximate surface area is 175 Å². The van der Waals surface area contributed by atoms with Gasteiger partial charge in [-0.3, -0.25) is 14.2 Å². The molecule has 0 unspecified atom stereocenters. The second-order valence-electron chi connectivity index (χ2n) is 8.09. The van der Waals surface area contributed by atoms with Crippen molar-refractivity contribution in [2.24, 2.45) is 11.8 Å². The van der Waals surface area contributed by atoms with Crippen LogP contribution < -0.4 is 10.9 Å². The summed E-state index contributed by atoms with van der Waals surface area (Å²) in [6, 6.07) is 5.40. The van der Waals surface area contributed by atoms with Crippen LogP contribution in [0, 0.1) is 11.8 Å². The third-order valence-electron chi connectivity index (χ3n) is 5.22. The fourth-order valence-electron chi connectivity index (χ4n) is 3.72. The van der Waals surface area contributed by atoms with Gasteiger partial charge in [0.15, 0.2) is 5.16 Å². The lowest BCUT2D eigenvalue weighted by atomic mass is 9.86. The van der Waals surface area contributed by atoms with Gasteiger partial charge in [-0.05, 0) is 42.9 Å². The molecule has 1 N–H and O–H groups in total. The molecule has 3 rings (SSSR count). The molecule has 1 aliphatic rings. The molecule has 0 radical (unpaired) electrons. The summed E-state index contributed by atoms with van der Waals surface area (Å²) >= 11 is 7.39. The summed E-state index contributed by atoms with van der Waals surface area (Å²) in [4.78, 5) is 30.1. The summed E-state index contributed by atoms with van der Waals surface area (Å²) in [5.41, 5.74) is 0.503. The lowest BCUT2D eigenvalue weighted by Gasteiger charge is -2.29. The number of halogens is 1. The second-order valence-corrected chi connectivity index (χ2v) is 9.47. The maximum Gasteiger partial charge on any atom is 0.262 e. The Hall–Kier alpha value is -1.53. The van der Waals surface area contributed by atoms with Crippen LogP contribution in [0.2, 0.25) is 5.02 Å². The summed E-state index contributed by atoms with van der Waals surface area (Å²) < 4.78 is 1.67. The van der Waals surface area contributed by atoms with Crippen LogP contribution in [-0.2, 0) is 11.3 Å². The van der Waals surface area contributed by atoms with E-state index in [0.29, 0.717) is 33.5 Å². The van der Waals surface area contributed by atoms with Crippen LogP contribution >= 0.6 is 23.4 Å². The van der Waals surface area contributed by atoms with Gasteiger partial charge in [0.05, 0.1) is 16.7 Å². The molecule has 0 bridgehead atoms. The van der Waals surface area contributed by atoms with Gasteiger partial charge in [0.1, 0.15) is 0 Å². The Morgan fingerprint density at radius 3 is 2.82 bits per heavy atom. The van der Waals surface area contributed by atoms with Gasteiger partial charge in [-0.1, -0.05) is 57.0 Å². The monoisotopic (exact) mass is 421 g/mol. The zero-order valence-corrected chi connectivity index (χ0v) is 18.3. The van der Waals surface area contributed by atoms with Crippen LogP contribution in [-0.4, -0.2) is 27.3 Å². The minimum Gasteiger partial charge on any atom is -0.352 e. The van der Waals surface area contributed by atoms with E-state index < -0.39 is 0 Å². The van der Waals surface area contributed by atoms with Gasteiger partial charge in [0, 0.05) is 17.6 Å². The lowest BCUT2D eigenvalue weighted by Crippen LogP contribution is -2.42. The SMILES string of the molecule is CC(C)Cn1c(SCC(=O)N[C@@H]2CCCC[C@H]2C)nc2ccc(Cl)cc2c1=O. The van der Waals surface area contributed by atoms with Crippen molar-refractivity contribution in [3.8, 4) is 0 Å². The first kappa shape index (κ1) is 21.2. The maximum atomic E-state index is 13.0. The number of hydrogen-bond acceptors (Lipinski definition) is 4. The molecular formula is C21H28ClN3O2S. The van der Waals surface area contributed by atoms with Crippen molar-refractivity contribution < 1.29 is 4.79 Å². The number of fused-ring (bicyclic) bond motifs is 1. The molecule has 0 saturated heterocycles. The quantitative estimate of drug-likeness (QED) is 0.551. The third kappa shape index (κ3) is 5.09. The van der Waals surface area contributed by atoms with Crippen molar-refractivity contribution in [2.75, 3.05) is 5.75 Å². The fourth-order valence-corrected chi connectivity index (χ4v) is 4.71. The topological polar surface area (TPSA) is 64.0 Å². The molecule has 2 atom stereocenters. The number of nitrogens with one attached hydrogen (secondary N) is 1. The summed E-state index contributed by atoms with van der Waals surface area (Å²) in [5, 5.41) is 4.78. The number of hydrogen-bond donors (Lipinski definition) is 1. The van der Waals surface area contributed by atoms with Crippen LogP contribution in [0.15, 0.2) is 28.2 Å². The number of aromatic nitrogens is 2. The molecule has 2 aromatic rings. The van der Waals surface area contributed by atoms with Crippen LogP contribution in [0.3, 0.4) is 0 Å². The number of nitrogens with zero attached hydrogens (tertiary/aromatic N) is 2. The van der Waals surface area contributed by atoms with Gasteiger partial charge in [-0.2, -0.15) is 0 Å². The number of carbonyl (C=O) groups excluding carboxylic acids is 1. The normalized spacial score (nSPS) is 19.9. The van der Waals surface area contributed by atoms with Crippen LogP contribution in [0.4, 0.5) is 0 Å². The summed E-state index contributed by atoms with van der Waals surface area (Å²) in [5.74, 6) is 1.07. The van der Waals surface area contributed by atoms with Crippen LogP contribution in [0.1, 0.15) is 46.5 Å². The number of thioether (sulfide) groups is 1. The van der Waals surface area contributed by atoms with Gasteiger partial charge in [0.25, 0.3) is 5.56 Å². The third-order valence-corrected chi connectivity index (χ3v) is 6.43. The summed E-state index contributed by atoms with van der Waals surface area (Å²) in [7, 11) is 0. The molecule has 5 nitrogen and oxygen atoms in total. The first-order valence-electron chi connectivity index (χ1n) is 9.97. The van der Waals surface area contributed by atoms with Gasteiger partial charge in [-0.15, -0.1) is 0 Å². The Morgan fingerprint density at radius 1 is 1.36 bits per heavy atom. The first-order chi connectivity index (χ1) is 13.3. The van der Waals surface area contributed by atoms with Gasteiger partial charge < -0.3 is 5.32 Å². The Kier molecular flexibility index (Phi) is 7.05. The van der Waals surface area contributed by atoms with E-state index >= 15 is 0 Å². The Bertz CT molecular complexity index is 912. The molecule has 0 aliphatic heterocycles. The van der Waals surface area contributed by atoms with Crippen molar-refractivity contribution in [3.63, 3.8) is 0 Å². The summed E-state index contributed by atoms with van der Waals surface area (Å²) in [6.45, 7) is 6.87. The standard InChI is InChI=1S/C21H28ClN3O2S/c1-13(2)11-25-20(27)16-10-15(22)8-9-18(16)24-21(25)28-12-19(26)23-17-7-5-4-6-14(17)3/h8-10,13-14,17H,4-7,11-12H2,1-3H3,(H,23,26)/t14-,17-/m1/s1. The molecule has 1 amide bonds. The van der Waals surface area contributed by atoms with Crippen molar-refractivity contribution in [1.29, 1.82) is 0 Å². The molecule has 7 heteroatoms. The lowest BCUT2D eigenvalue weighted by molar-refractivity contribution is -0.119. The summed E-state index contributed by atoms with van der Waals surface area (Å²) in [6.07, 6.45) is 4.63. The first-order valence-corrected chi connectivity index (χ1v) is 11.3. The van der Waals surface area contributed by atoms with Crippen LogP contribution in [0.5, 0.6) is 0 Å². The molecule has 1 aromatic carbocycles. The Morgan fingerprint density at radius 2 is 2.11 bits per heavy atom. The van der Waals surface area contributed by atoms with E-state index in [1.165, 1.54) is 31.0 Å². The van der Waals surface area contributed by atoms with E-state index in [1.807, 2.05) is 0 Å². The molecule has 1 aliphatic carbocycles. The van der Waals surface area contributed by atoms with Crippen molar-refractivity contribution in [1.82, 2.24) is 14.9 Å². The molecule has 1 saturated carbocycles. The minimum atomic E-state index is -0.106. The van der Waals surface area contributed by atoms with Gasteiger partial charge in [-0.25, -0.2) is 4.98 Å². The minimum absolute atomic E-state index is 0.00491. The average Bonchev–Trinajstić information content (AvgIpc) is 2.65. The van der Waals surface area contributed by atoms with E-state index in [4.69, 9.17) is 11.6 Å². The molecule has 0 spiro atoms. The molecule has 28 heavy (non-hydrogen) atoms. The fraction of sp³-hybridized carbons (Fsp3) is 0.571. The zero-order valence-electron chi connectivity index (χ0n) is 16.7. The predicted molar refractivity (Wildman–Crippen MR) is 116 cm³/mol. The average molecular weight is 422 g/mol. The van der Waals surface area contributed by atoms with E-state index in [2.05, 4.69) is 31.1 Å². The highest BCUT2D eigenvalue weighted by molar-refractivity contribution is 7.99. The zero-order chi connectivity index (χ0) is 20.3. The van der Waals surface area contributed by atoms with Crippen molar-refractivity contribution in [2.45, 2.75) is 64.2 Å². The highest BCUT2D eigenvalue weighted by Crippen LogP contribution is 2.25. The predicted octanol–water partition coefficient (Wildman–Crippen LogP) is 4.49. The van der Waals surface area contributed by atoms with E-state index in [1.54, 1.807) is 22.8 Å². The largest absolute Gasteiger partial charge is 0.352 e. The van der Waals surface area contributed by atoms with E-state index in [-0.39, 0.29) is 29.2 Å². The molecular weight excluding hydrogens is 394 g/mol. The van der Waals surface area contributed by atoms with E-state index in [0.717, 1.165) is 6.42 Å². The number of amides is 1. The Balaban J connectivity index is 1.80. The number of rotatable bonds is 6. The highest BCUT2D eigenvalue weighted by atomic mass is 35.5. The molecule has 1 aromatic heterocycles. The van der Waals surface area contributed by atoms with Crippen molar-refractivity contribution in [3.05, 3.63) is 33.6 Å². The maximum absolute atomic E-state index is 13.0. The molecule has 152 valence electrons. The number of benzene rings is 1. The molecule has 1 heterocycles. The van der Waals surface area contributed by atoms with Crippen molar-refractivity contribution >= 4 is 40.2 Å².